The average Bonchev–Trinajstić information content (AvgIpc) is 3.23. The number of rotatable bonds is 7. The molecule has 0 saturated heterocycles. The van der Waals surface area contributed by atoms with Crippen LogP contribution in [0.25, 0.3) is 5.69 Å². The molecule has 0 aliphatic heterocycles. The Morgan fingerprint density at radius 1 is 1.21 bits per heavy atom. The Kier molecular flexibility index (Phi) is 6.62. The largest absolute Gasteiger partial charge is 0.489 e. The lowest BCUT2D eigenvalue weighted by Gasteiger charge is -2.18. The normalized spacial score (nSPS) is 12.5. The number of benzene rings is 2. The molecule has 1 aromatic heterocycles. The zero-order valence-corrected chi connectivity index (χ0v) is 16.0. The van der Waals surface area contributed by atoms with Crippen molar-refractivity contribution in [2.45, 2.75) is 19.6 Å². The summed E-state index contributed by atoms with van der Waals surface area (Å²) in [5, 5.41) is 6.54. The minimum absolute atomic E-state index is 0.154. The van der Waals surface area contributed by atoms with Gasteiger partial charge in [-0.15, -0.1) is 0 Å². The van der Waals surface area contributed by atoms with E-state index < -0.39 is 0 Å². The van der Waals surface area contributed by atoms with Gasteiger partial charge in [-0.25, -0.2) is 9.37 Å². The highest BCUT2D eigenvalue weighted by Gasteiger charge is 2.08. The van der Waals surface area contributed by atoms with Crippen LogP contribution in [0.3, 0.4) is 0 Å². The molecule has 6 nitrogen and oxygen atoms in total. The van der Waals surface area contributed by atoms with E-state index in [9.17, 15) is 4.39 Å². The molecule has 1 atom stereocenters. The fourth-order valence-corrected chi connectivity index (χ4v) is 2.77. The number of guanidine groups is 1. The number of hydrogen-bond acceptors (Lipinski definition) is 3. The van der Waals surface area contributed by atoms with Gasteiger partial charge >= 0.3 is 0 Å². The summed E-state index contributed by atoms with van der Waals surface area (Å²) in [5.41, 5.74) is 2.18. The quantitative estimate of drug-likeness (QED) is 0.488. The molecule has 0 bridgehead atoms. The number of aliphatic imine (C=N–C) groups is 1. The summed E-state index contributed by atoms with van der Waals surface area (Å²) in [4.78, 5) is 8.36. The second-order valence-corrected chi connectivity index (χ2v) is 6.29. The Balaban J connectivity index is 1.53. The van der Waals surface area contributed by atoms with Crippen molar-refractivity contribution in [2.24, 2.45) is 4.99 Å². The van der Waals surface area contributed by atoms with Crippen molar-refractivity contribution in [1.82, 2.24) is 20.2 Å². The fourth-order valence-electron chi connectivity index (χ4n) is 2.77. The van der Waals surface area contributed by atoms with Crippen molar-refractivity contribution >= 4 is 5.96 Å². The Bertz CT molecular complexity index is 911. The molecule has 28 heavy (non-hydrogen) atoms. The van der Waals surface area contributed by atoms with Crippen LogP contribution >= 0.6 is 0 Å². The lowest BCUT2D eigenvalue weighted by atomic mass is 10.1. The minimum Gasteiger partial charge on any atom is -0.489 e. The van der Waals surface area contributed by atoms with E-state index in [-0.39, 0.29) is 11.9 Å². The van der Waals surface area contributed by atoms with Crippen LogP contribution in [0.1, 0.15) is 12.5 Å². The van der Waals surface area contributed by atoms with E-state index in [1.54, 1.807) is 31.7 Å². The molecule has 3 rings (SSSR count). The Hall–Kier alpha value is -3.35. The van der Waals surface area contributed by atoms with Gasteiger partial charge in [-0.1, -0.05) is 24.3 Å². The number of hydrogen-bond donors (Lipinski definition) is 2. The van der Waals surface area contributed by atoms with Gasteiger partial charge in [0.1, 0.15) is 17.7 Å². The Morgan fingerprint density at radius 3 is 2.82 bits per heavy atom. The summed E-state index contributed by atoms with van der Waals surface area (Å²) in [6.07, 6.45) is 5.29. The lowest BCUT2D eigenvalue weighted by Crippen LogP contribution is -2.41. The number of para-hydroxylation sites is 1. The first-order valence-electron chi connectivity index (χ1n) is 9.08. The van der Waals surface area contributed by atoms with Gasteiger partial charge < -0.3 is 19.9 Å². The number of nitrogens with zero attached hydrogens (tertiary/aromatic N) is 3. The third-order valence-corrected chi connectivity index (χ3v) is 4.13. The Labute approximate surface area is 164 Å². The standard InChI is InChI=1S/C21H24FN5O/c1-16(28-19-8-5-7-18(22)12-19)13-25-21(23-2)26-14-17-6-3-4-9-20(17)27-11-10-24-15-27/h3-12,15-16H,13-14H2,1-2H3,(H2,23,25,26). The molecular weight excluding hydrogens is 357 g/mol. The molecule has 0 aliphatic rings. The molecule has 0 fully saturated rings. The van der Waals surface area contributed by atoms with E-state index in [0.717, 1.165) is 11.3 Å². The second-order valence-electron chi connectivity index (χ2n) is 6.29. The van der Waals surface area contributed by atoms with Gasteiger partial charge in [-0.2, -0.15) is 0 Å². The zero-order chi connectivity index (χ0) is 19.8. The van der Waals surface area contributed by atoms with Crippen molar-refractivity contribution in [3.63, 3.8) is 0 Å². The SMILES string of the molecule is CN=C(NCc1ccccc1-n1ccnc1)NCC(C)Oc1cccc(F)c1. The summed E-state index contributed by atoms with van der Waals surface area (Å²) >= 11 is 0. The van der Waals surface area contributed by atoms with E-state index >= 15 is 0 Å². The topological polar surface area (TPSA) is 63.5 Å². The summed E-state index contributed by atoms with van der Waals surface area (Å²) in [5.74, 6) is 0.855. The van der Waals surface area contributed by atoms with Gasteiger partial charge in [0.15, 0.2) is 5.96 Å². The van der Waals surface area contributed by atoms with Crippen molar-refractivity contribution < 1.29 is 9.13 Å². The van der Waals surface area contributed by atoms with Crippen LogP contribution in [0.15, 0.2) is 72.2 Å². The second kappa shape index (κ2) is 9.55. The molecule has 0 spiro atoms. The van der Waals surface area contributed by atoms with Crippen molar-refractivity contribution in [3.05, 3.63) is 78.6 Å². The molecule has 1 unspecified atom stereocenters. The molecule has 3 aromatic rings. The third-order valence-electron chi connectivity index (χ3n) is 4.13. The lowest BCUT2D eigenvalue weighted by molar-refractivity contribution is 0.223. The van der Waals surface area contributed by atoms with Crippen molar-refractivity contribution in [2.75, 3.05) is 13.6 Å². The molecule has 146 valence electrons. The van der Waals surface area contributed by atoms with Gasteiger partial charge in [-0.05, 0) is 30.7 Å². The highest BCUT2D eigenvalue weighted by atomic mass is 19.1. The molecule has 0 saturated carbocycles. The molecule has 2 N–H and O–H groups in total. The van der Waals surface area contributed by atoms with Gasteiger partial charge in [0.25, 0.3) is 0 Å². The minimum atomic E-state index is -0.313. The van der Waals surface area contributed by atoms with Gasteiger partial charge in [0.05, 0.1) is 18.6 Å². The summed E-state index contributed by atoms with van der Waals surface area (Å²) in [6.45, 7) is 3.05. The van der Waals surface area contributed by atoms with Crippen molar-refractivity contribution in [3.8, 4) is 11.4 Å². The third kappa shape index (κ3) is 5.33. The monoisotopic (exact) mass is 381 g/mol. The molecule has 0 amide bonds. The number of halogens is 1. The number of ether oxygens (including phenoxy) is 1. The maximum Gasteiger partial charge on any atom is 0.191 e. The smallest absolute Gasteiger partial charge is 0.191 e. The summed E-state index contributed by atoms with van der Waals surface area (Å²) in [7, 11) is 1.72. The van der Waals surface area contributed by atoms with E-state index in [0.29, 0.717) is 24.8 Å². The maximum atomic E-state index is 13.3. The molecule has 0 aliphatic carbocycles. The van der Waals surface area contributed by atoms with Gasteiger partial charge in [0, 0.05) is 32.1 Å². The van der Waals surface area contributed by atoms with Crippen LogP contribution in [-0.4, -0.2) is 35.2 Å². The van der Waals surface area contributed by atoms with Crippen molar-refractivity contribution in [1.29, 1.82) is 0 Å². The highest BCUT2D eigenvalue weighted by Crippen LogP contribution is 2.14. The van der Waals surface area contributed by atoms with E-state index in [1.165, 1.54) is 12.1 Å². The first kappa shape index (κ1) is 19.4. The first-order valence-corrected chi connectivity index (χ1v) is 9.08. The van der Waals surface area contributed by atoms with Crippen LogP contribution in [0.4, 0.5) is 4.39 Å². The summed E-state index contributed by atoms with van der Waals surface area (Å²) < 4.78 is 21.0. The van der Waals surface area contributed by atoms with E-state index in [1.807, 2.05) is 35.9 Å². The van der Waals surface area contributed by atoms with Crippen LogP contribution in [0.5, 0.6) is 5.75 Å². The van der Waals surface area contributed by atoms with Crippen LogP contribution in [0.2, 0.25) is 0 Å². The van der Waals surface area contributed by atoms with Gasteiger partial charge in [-0.3, -0.25) is 4.99 Å². The van der Waals surface area contributed by atoms with E-state index in [4.69, 9.17) is 4.74 Å². The zero-order valence-electron chi connectivity index (χ0n) is 16.0. The van der Waals surface area contributed by atoms with Crippen LogP contribution in [-0.2, 0) is 6.54 Å². The number of nitrogens with one attached hydrogen (secondary N) is 2. The van der Waals surface area contributed by atoms with E-state index in [2.05, 4.69) is 26.7 Å². The predicted octanol–water partition coefficient (Wildman–Crippen LogP) is 3.14. The molecule has 0 radical (unpaired) electrons. The number of imidazole rings is 1. The maximum absolute atomic E-state index is 13.3. The van der Waals surface area contributed by atoms with Crippen LogP contribution < -0.4 is 15.4 Å². The van der Waals surface area contributed by atoms with Gasteiger partial charge in [0.2, 0.25) is 0 Å². The molecule has 2 aromatic carbocycles. The summed E-state index contributed by atoms with van der Waals surface area (Å²) in [6, 6.07) is 14.2. The average molecular weight is 381 g/mol. The van der Waals surface area contributed by atoms with Crippen LogP contribution in [0, 0.1) is 5.82 Å². The predicted molar refractivity (Wildman–Crippen MR) is 108 cm³/mol. The molecular formula is C21H24FN5O. The number of aromatic nitrogens is 2. The molecule has 1 heterocycles. The fraction of sp³-hybridized carbons (Fsp3) is 0.238. The molecule has 7 heteroatoms. The highest BCUT2D eigenvalue weighted by molar-refractivity contribution is 5.79. The first-order chi connectivity index (χ1) is 13.7. The Morgan fingerprint density at radius 2 is 2.07 bits per heavy atom.